The van der Waals surface area contributed by atoms with Crippen molar-refractivity contribution in [2.24, 2.45) is 0 Å². The molecule has 1 heterocycles. The lowest BCUT2D eigenvalue weighted by atomic mass is 10.2. The van der Waals surface area contributed by atoms with Crippen molar-refractivity contribution < 1.29 is 9.47 Å². The van der Waals surface area contributed by atoms with E-state index >= 15 is 0 Å². The normalized spacial score (nSPS) is 21.3. The van der Waals surface area contributed by atoms with E-state index in [2.05, 4.69) is 24.8 Å². The van der Waals surface area contributed by atoms with Gasteiger partial charge in [-0.3, -0.25) is 0 Å². The lowest BCUT2D eigenvalue weighted by Gasteiger charge is -2.22. The van der Waals surface area contributed by atoms with Crippen LogP contribution in [0.3, 0.4) is 0 Å². The molecule has 0 radical (unpaired) electrons. The van der Waals surface area contributed by atoms with E-state index in [1.807, 2.05) is 6.08 Å². The first kappa shape index (κ1) is 12.3. The van der Waals surface area contributed by atoms with Crippen molar-refractivity contribution in [3.8, 4) is 11.8 Å². The van der Waals surface area contributed by atoms with E-state index in [-0.39, 0.29) is 6.29 Å². The van der Waals surface area contributed by atoms with Gasteiger partial charge >= 0.3 is 0 Å². The van der Waals surface area contributed by atoms with Gasteiger partial charge in [0.05, 0.1) is 6.61 Å². The van der Waals surface area contributed by atoms with Crippen molar-refractivity contribution >= 4 is 0 Å². The van der Waals surface area contributed by atoms with Crippen molar-refractivity contribution in [2.45, 2.75) is 45.3 Å². The van der Waals surface area contributed by atoms with E-state index in [0.29, 0.717) is 6.61 Å². The minimum absolute atomic E-state index is 0.0201. The molecule has 0 aromatic heterocycles. The second-order valence-electron chi connectivity index (χ2n) is 3.55. The van der Waals surface area contributed by atoms with Crippen LogP contribution in [0.15, 0.2) is 12.2 Å². The third kappa shape index (κ3) is 6.33. The van der Waals surface area contributed by atoms with Gasteiger partial charge < -0.3 is 9.47 Å². The highest BCUT2D eigenvalue weighted by atomic mass is 16.7. The third-order valence-electron chi connectivity index (χ3n) is 2.21. The van der Waals surface area contributed by atoms with E-state index in [1.54, 1.807) is 0 Å². The molecule has 15 heavy (non-hydrogen) atoms. The topological polar surface area (TPSA) is 18.5 Å². The summed E-state index contributed by atoms with van der Waals surface area (Å²) in [6.45, 7) is 3.62. The van der Waals surface area contributed by atoms with Crippen molar-refractivity contribution in [2.75, 3.05) is 13.2 Å². The van der Waals surface area contributed by atoms with Crippen molar-refractivity contribution in [3.63, 3.8) is 0 Å². The molecule has 0 saturated carbocycles. The summed E-state index contributed by atoms with van der Waals surface area (Å²) in [6, 6.07) is 0. The number of hydrogen-bond acceptors (Lipinski definition) is 2. The molecule has 1 rings (SSSR count). The molecule has 0 N–H and O–H groups in total. The summed E-state index contributed by atoms with van der Waals surface area (Å²) < 4.78 is 11.0. The van der Waals surface area contributed by atoms with Crippen LogP contribution in [0, 0.1) is 11.8 Å². The van der Waals surface area contributed by atoms with Crippen molar-refractivity contribution in [3.05, 3.63) is 12.2 Å². The molecule has 1 fully saturated rings. The predicted molar refractivity (Wildman–Crippen MR) is 61.4 cm³/mol. The van der Waals surface area contributed by atoms with Crippen LogP contribution in [-0.2, 0) is 9.47 Å². The zero-order valence-corrected chi connectivity index (χ0v) is 9.50. The Morgan fingerprint density at radius 1 is 1.47 bits per heavy atom. The minimum atomic E-state index is 0.0201. The lowest BCUT2D eigenvalue weighted by molar-refractivity contribution is -0.161. The monoisotopic (exact) mass is 208 g/mol. The van der Waals surface area contributed by atoms with Crippen LogP contribution < -0.4 is 0 Å². The van der Waals surface area contributed by atoms with Crippen LogP contribution in [-0.4, -0.2) is 19.5 Å². The van der Waals surface area contributed by atoms with Gasteiger partial charge in [-0.1, -0.05) is 24.8 Å². The molecule has 0 aliphatic carbocycles. The summed E-state index contributed by atoms with van der Waals surface area (Å²) in [7, 11) is 0. The Bertz CT molecular complexity index is 229. The molecule has 1 saturated heterocycles. The number of rotatable bonds is 4. The molecule has 0 spiro atoms. The van der Waals surface area contributed by atoms with Crippen LogP contribution in [0.25, 0.3) is 0 Å². The summed E-state index contributed by atoms with van der Waals surface area (Å²) in [5, 5.41) is 0. The van der Waals surface area contributed by atoms with E-state index < -0.39 is 0 Å². The molecule has 0 aromatic rings. The van der Waals surface area contributed by atoms with Gasteiger partial charge in [0.1, 0.15) is 0 Å². The highest BCUT2D eigenvalue weighted by Crippen LogP contribution is 2.13. The standard InChI is InChI=1S/C13H20O2/c1-2-3-4-5-6-8-11-14-13-10-7-9-12-15-13/h3-4,13H,2,7-12H2,1H3. The van der Waals surface area contributed by atoms with Crippen LogP contribution in [0.5, 0.6) is 0 Å². The molecule has 0 bridgehead atoms. The van der Waals surface area contributed by atoms with Gasteiger partial charge in [-0.15, -0.1) is 0 Å². The maximum Gasteiger partial charge on any atom is 0.157 e. The Kier molecular flexibility index (Phi) is 6.98. The van der Waals surface area contributed by atoms with Crippen LogP contribution in [0.1, 0.15) is 39.0 Å². The molecule has 2 nitrogen and oxygen atoms in total. The Balaban J connectivity index is 1.99. The van der Waals surface area contributed by atoms with E-state index in [0.717, 1.165) is 25.9 Å². The van der Waals surface area contributed by atoms with Gasteiger partial charge in [-0.25, -0.2) is 0 Å². The predicted octanol–water partition coefficient (Wildman–Crippen LogP) is 2.89. The maximum absolute atomic E-state index is 5.54. The van der Waals surface area contributed by atoms with Crippen molar-refractivity contribution in [1.29, 1.82) is 0 Å². The van der Waals surface area contributed by atoms with Crippen LogP contribution in [0.4, 0.5) is 0 Å². The average Bonchev–Trinajstić information content (AvgIpc) is 2.29. The third-order valence-corrected chi connectivity index (χ3v) is 2.21. The average molecular weight is 208 g/mol. The lowest BCUT2D eigenvalue weighted by Crippen LogP contribution is -2.22. The molecule has 84 valence electrons. The number of allylic oxidation sites excluding steroid dienone is 2. The number of hydrogen-bond donors (Lipinski definition) is 0. The first-order valence-electron chi connectivity index (χ1n) is 5.80. The van der Waals surface area contributed by atoms with Gasteiger partial charge in [0.25, 0.3) is 0 Å². The Hall–Kier alpha value is -0.780. The summed E-state index contributed by atoms with van der Waals surface area (Å²) in [4.78, 5) is 0. The van der Waals surface area contributed by atoms with Gasteiger partial charge in [0, 0.05) is 13.0 Å². The Labute approximate surface area is 92.6 Å². The summed E-state index contributed by atoms with van der Waals surface area (Å²) in [5.41, 5.74) is 0. The second-order valence-corrected chi connectivity index (χ2v) is 3.55. The first-order chi connectivity index (χ1) is 7.43. The zero-order valence-electron chi connectivity index (χ0n) is 9.50. The Morgan fingerprint density at radius 3 is 3.13 bits per heavy atom. The molecular formula is C13H20O2. The smallest absolute Gasteiger partial charge is 0.157 e. The molecule has 0 amide bonds. The van der Waals surface area contributed by atoms with Gasteiger partial charge in [0.2, 0.25) is 0 Å². The quantitative estimate of drug-likeness (QED) is 0.522. The van der Waals surface area contributed by atoms with Crippen LogP contribution >= 0.6 is 0 Å². The molecule has 1 unspecified atom stereocenters. The Morgan fingerprint density at radius 2 is 2.40 bits per heavy atom. The fourth-order valence-electron chi connectivity index (χ4n) is 1.39. The minimum Gasteiger partial charge on any atom is -0.353 e. The maximum atomic E-state index is 5.54. The molecule has 0 aromatic carbocycles. The largest absolute Gasteiger partial charge is 0.353 e. The molecule has 1 atom stereocenters. The van der Waals surface area contributed by atoms with Crippen molar-refractivity contribution in [1.82, 2.24) is 0 Å². The molecular weight excluding hydrogens is 188 g/mol. The van der Waals surface area contributed by atoms with E-state index in [1.165, 1.54) is 12.8 Å². The molecule has 2 heteroatoms. The summed E-state index contributed by atoms with van der Waals surface area (Å²) in [5.74, 6) is 6.02. The summed E-state index contributed by atoms with van der Waals surface area (Å²) in [6.07, 6.45) is 9.22. The van der Waals surface area contributed by atoms with Gasteiger partial charge in [-0.2, -0.15) is 0 Å². The van der Waals surface area contributed by atoms with Crippen LogP contribution in [0.2, 0.25) is 0 Å². The molecule has 1 aliphatic heterocycles. The van der Waals surface area contributed by atoms with Gasteiger partial charge in [-0.05, 0) is 31.8 Å². The molecule has 1 aliphatic rings. The van der Waals surface area contributed by atoms with Gasteiger partial charge in [0.15, 0.2) is 6.29 Å². The van der Waals surface area contributed by atoms with E-state index in [9.17, 15) is 0 Å². The van der Waals surface area contributed by atoms with E-state index in [4.69, 9.17) is 9.47 Å². The fraction of sp³-hybridized carbons (Fsp3) is 0.692. The summed E-state index contributed by atoms with van der Waals surface area (Å²) >= 11 is 0. The second kappa shape index (κ2) is 8.52. The number of ether oxygens (including phenoxy) is 2. The highest BCUT2D eigenvalue weighted by molar-refractivity contribution is 5.14. The zero-order chi connectivity index (χ0) is 10.8. The fourth-order valence-corrected chi connectivity index (χ4v) is 1.39. The highest BCUT2D eigenvalue weighted by Gasteiger charge is 2.12. The SMILES string of the molecule is CCC=CC#CCCOC1CCCCO1. The first-order valence-corrected chi connectivity index (χ1v) is 5.80.